The summed E-state index contributed by atoms with van der Waals surface area (Å²) in [6.07, 6.45) is 4.88. The average molecular weight is 336 g/mol. The molecular weight excluding hydrogens is 309 g/mol. The number of unbranched alkanes of at least 4 members (excludes halogenated alkanes) is 1. The van der Waals surface area contributed by atoms with Crippen LogP contribution in [0.4, 0.5) is 13.2 Å². The van der Waals surface area contributed by atoms with Crippen LogP contribution in [0, 0.1) is 5.92 Å². The topological polar surface area (TPSA) is 17.1 Å². The van der Waals surface area contributed by atoms with Gasteiger partial charge < -0.3 is 0 Å². The second kappa shape index (κ2) is 10.8. The molecule has 1 nitrogen and oxygen atoms in total. The molecule has 0 aliphatic rings. The third kappa shape index (κ3) is 9.23. The van der Waals surface area contributed by atoms with E-state index in [9.17, 15) is 17.4 Å². The second-order valence-electron chi connectivity index (χ2n) is 5.39. The third-order valence-electron chi connectivity index (χ3n) is 3.24. The molecule has 0 heterocycles. The van der Waals surface area contributed by atoms with E-state index in [0.29, 0.717) is 6.42 Å². The van der Waals surface area contributed by atoms with Crippen molar-refractivity contribution in [2.75, 3.05) is 12.0 Å². The lowest BCUT2D eigenvalue weighted by Gasteiger charge is -2.21. The summed E-state index contributed by atoms with van der Waals surface area (Å²) in [5, 5.41) is 0. The summed E-state index contributed by atoms with van der Waals surface area (Å²) < 4.78 is 51.1. The fourth-order valence-electron chi connectivity index (χ4n) is 2.06. The van der Waals surface area contributed by atoms with Crippen LogP contribution in [0.1, 0.15) is 46.0 Å². The summed E-state index contributed by atoms with van der Waals surface area (Å²) >= 11 is 0. The van der Waals surface area contributed by atoms with Gasteiger partial charge in [-0.3, -0.25) is 4.21 Å². The SMILES string of the molecule is C=C(/C=C\C(=C/CCC)C(CCS(C)=O)C(F)(F)F)CCC. The van der Waals surface area contributed by atoms with E-state index < -0.39 is 22.9 Å². The molecule has 0 aliphatic heterocycles. The minimum Gasteiger partial charge on any atom is -0.260 e. The van der Waals surface area contributed by atoms with E-state index in [0.717, 1.165) is 24.8 Å². The van der Waals surface area contributed by atoms with E-state index in [-0.39, 0.29) is 17.7 Å². The molecule has 128 valence electrons. The van der Waals surface area contributed by atoms with Gasteiger partial charge in [-0.25, -0.2) is 0 Å². The monoisotopic (exact) mass is 336 g/mol. The molecule has 0 aromatic carbocycles. The Morgan fingerprint density at radius 3 is 2.32 bits per heavy atom. The van der Waals surface area contributed by atoms with Crippen molar-refractivity contribution in [2.24, 2.45) is 5.92 Å². The third-order valence-corrected chi connectivity index (χ3v) is 4.05. The van der Waals surface area contributed by atoms with E-state index in [4.69, 9.17) is 0 Å². The van der Waals surface area contributed by atoms with Crippen molar-refractivity contribution < 1.29 is 17.4 Å². The predicted molar refractivity (Wildman–Crippen MR) is 89.3 cm³/mol. The Hall–Kier alpha value is -0.840. The first kappa shape index (κ1) is 21.2. The molecule has 2 unspecified atom stereocenters. The van der Waals surface area contributed by atoms with Crippen LogP contribution in [-0.2, 0) is 10.8 Å². The minimum atomic E-state index is -4.32. The van der Waals surface area contributed by atoms with Gasteiger partial charge in [0.2, 0.25) is 0 Å². The molecule has 0 saturated carbocycles. The molecule has 0 aromatic heterocycles. The van der Waals surface area contributed by atoms with Gasteiger partial charge in [0.15, 0.2) is 0 Å². The summed E-state index contributed by atoms with van der Waals surface area (Å²) in [5.41, 5.74) is 1.09. The van der Waals surface area contributed by atoms with Gasteiger partial charge >= 0.3 is 6.18 Å². The summed E-state index contributed by atoms with van der Waals surface area (Å²) in [7, 11) is -1.23. The summed E-state index contributed by atoms with van der Waals surface area (Å²) in [6, 6.07) is 0. The Kier molecular flexibility index (Phi) is 10.4. The minimum absolute atomic E-state index is 0.0530. The predicted octanol–water partition coefficient (Wildman–Crippen LogP) is 5.57. The molecule has 2 atom stereocenters. The van der Waals surface area contributed by atoms with Gasteiger partial charge in [0.1, 0.15) is 0 Å². The molecule has 0 aromatic rings. The van der Waals surface area contributed by atoms with Gasteiger partial charge in [0.25, 0.3) is 0 Å². The van der Waals surface area contributed by atoms with Gasteiger partial charge in [-0.1, -0.05) is 57.1 Å². The standard InChI is InChI=1S/C17H27F3OS/c1-5-7-9-15(11-10-14(3)8-6-2)16(17(18,19)20)12-13-22(4)21/h9-11,16H,3,5-8,12-13H2,1-2,4H3/b11-10-,15-9+. The van der Waals surface area contributed by atoms with Gasteiger partial charge in [-0.05, 0) is 24.8 Å². The molecule has 0 rings (SSSR count). The fourth-order valence-corrected chi connectivity index (χ4v) is 2.63. The zero-order chi connectivity index (χ0) is 17.2. The van der Waals surface area contributed by atoms with Crippen LogP contribution in [0.3, 0.4) is 0 Å². The molecule has 22 heavy (non-hydrogen) atoms. The molecule has 0 fully saturated rings. The van der Waals surface area contributed by atoms with Crippen molar-refractivity contribution in [1.29, 1.82) is 0 Å². The summed E-state index contributed by atoms with van der Waals surface area (Å²) in [6.45, 7) is 7.78. The van der Waals surface area contributed by atoms with Crippen LogP contribution in [0.15, 0.2) is 36.0 Å². The molecule has 0 amide bonds. The Labute approximate surface area is 134 Å². The smallest absolute Gasteiger partial charge is 0.260 e. The highest BCUT2D eigenvalue weighted by Crippen LogP contribution is 2.35. The van der Waals surface area contributed by atoms with Crippen LogP contribution in [0.5, 0.6) is 0 Å². The molecule has 0 spiro atoms. The van der Waals surface area contributed by atoms with Crippen molar-refractivity contribution in [3.05, 3.63) is 36.0 Å². The van der Waals surface area contributed by atoms with E-state index in [2.05, 4.69) is 6.58 Å². The Morgan fingerprint density at radius 2 is 1.86 bits per heavy atom. The lowest BCUT2D eigenvalue weighted by atomic mass is 9.93. The van der Waals surface area contributed by atoms with Crippen LogP contribution in [0.2, 0.25) is 0 Å². The second-order valence-corrected chi connectivity index (χ2v) is 6.95. The highest BCUT2D eigenvalue weighted by molar-refractivity contribution is 7.84. The van der Waals surface area contributed by atoms with Crippen molar-refractivity contribution >= 4 is 10.8 Å². The molecule has 0 N–H and O–H groups in total. The highest BCUT2D eigenvalue weighted by Gasteiger charge is 2.40. The van der Waals surface area contributed by atoms with E-state index in [1.165, 1.54) is 12.3 Å². The Morgan fingerprint density at radius 1 is 1.23 bits per heavy atom. The van der Waals surface area contributed by atoms with Gasteiger partial charge in [0, 0.05) is 22.8 Å². The fraction of sp³-hybridized carbons (Fsp3) is 0.647. The van der Waals surface area contributed by atoms with Crippen molar-refractivity contribution in [2.45, 2.75) is 52.1 Å². The molecule has 5 heteroatoms. The first-order chi connectivity index (χ1) is 10.2. The normalized spacial score (nSPS) is 16.0. The Balaban J connectivity index is 5.30. The van der Waals surface area contributed by atoms with Gasteiger partial charge in [-0.15, -0.1) is 0 Å². The maximum Gasteiger partial charge on any atom is 0.395 e. The van der Waals surface area contributed by atoms with E-state index in [1.54, 1.807) is 12.2 Å². The summed E-state index contributed by atoms with van der Waals surface area (Å²) in [4.78, 5) is 0. The van der Waals surface area contributed by atoms with Crippen LogP contribution < -0.4 is 0 Å². The van der Waals surface area contributed by atoms with Crippen LogP contribution in [-0.4, -0.2) is 22.4 Å². The van der Waals surface area contributed by atoms with E-state index >= 15 is 0 Å². The first-order valence-corrected chi connectivity index (χ1v) is 9.37. The summed E-state index contributed by atoms with van der Waals surface area (Å²) in [5.74, 6) is -1.51. The maximum atomic E-state index is 13.3. The number of halogens is 3. The van der Waals surface area contributed by atoms with Crippen molar-refractivity contribution in [1.82, 2.24) is 0 Å². The van der Waals surface area contributed by atoms with Gasteiger partial charge in [0.05, 0.1) is 5.92 Å². The number of rotatable bonds is 10. The highest BCUT2D eigenvalue weighted by atomic mass is 32.2. The van der Waals surface area contributed by atoms with Crippen molar-refractivity contribution in [3.8, 4) is 0 Å². The maximum absolute atomic E-state index is 13.3. The molecular formula is C17H27F3OS. The lowest BCUT2D eigenvalue weighted by Crippen LogP contribution is -2.26. The molecule has 0 radical (unpaired) electrons. The number of hydrogen-bond donors (Lipinski definition) is 0. The lowest BCUT2D eigenvalue weighted by molar-refractivity contribution is -0.163. The van der Waals surface area contributed by atoms with E-state index in [1.807, 2.05) is 13.8 Å². The average Bonchev–Trinajstić information content (AvgIpc) is 2.39. The van der Waals surface area contributed by atoms with Crippen molar-refractivity contribution in [3.63, 3.8) is 0 Å². The number of alkyl halides is 3. The zero-order valence-electron chi connectivity index (χ0n) is 13.7. The zero-order valence-corrected chi connectivity index (χ0v) is 14.5. The molecule has 0 bridgehead atoms. The molecule has 0 aliphatic carbocycles. The molecule has 0 saturated heterocycles. The van der Waals surface area contributed by atoms with Crippen LogP contribution >= 0.6 is 0 Å². The van der Waals surface area contributed by atoms with Crippen LogP contribution in [0.25, 0.3) is 0 Å². The number of allylic oxidation sites excluding steroid dienone is 5. The quantitative estimate of drug-likeness (QED) is 0.476. The first-order valence-electron chi connectivity index (χ1n) is 7.65. The Bertz CT molecular complexity index is 422. The van der Waals surface area contributed by atoms with Gasteiger partial charge in [-0.2, -0.15) is 13.2 Å². The number of hydrogen-bond acceptors (Lipinski definition) is 1. The largest absolute Gasteiger partial charge is 0.395 e.